The maximum absolute atomic E-state index is 13.5. The molecule has 0 atom stereocenters. The first kappa shape index (κ1) is 26.1. The number of para-hydroxylation sites is 1. The number of hydrogen-bond donors (Lipinski definition) is 0. The van der Waals surface area contributed by atoms with Gasteiger partial charge in [0.05, 0.1) is 6.61 Å². The molecule has 0 bridgehead atoms. The summed E-state index contributed by atoms with van der Waals surface area (Å²) < 4.78 is 36.4. The van der Waals surface area contributed by atoms with Crippen molar-refractivity contribution in [2.24, 2.45) is 0 Å². The molecule has 7 nitrogen and oxygen atoms in total. The predicted octanol–water partition coefficient (Wildman–Crippen LogP) is 5.19. The van der Waals surface area contributed by atoms with Crippen molar-refractivity contribution in [3.05, 3.63) is 58.7 Å². The summed E-state index contributed by atoms with van der Waals surface area (Å²) in [5.74, 6) is 0.710. The van der Waals surface area contributed by atoms with Gasteiger partial charge in [-0.1, -0.05) is 29.8 Å². The minimum Gasteiger partial charge on any atom is -0.492 e. The number of amides is 1. The van der Waals surface area contributed by atoms with Crippen LogP contribution < -0.4 is 4.74 Å². The Bertz CT molecular complexity index is 1400. The number of carbonyl (C=O) groups excluding carboxylic acids is 1. The first-order chi connectivity index (χ1) is 17.8. The maximum atomic E-state index is 13.5. The zero-order valence-corrected chi connectivity index (χ0v) is 23.0. The molecular weight excluding hydrogens is 510 g/mol. The van der Waals surface area contributed by atoms with Gasteiger partial charge in [-0.3, -0.25) is 4.79 Å². The quantitative estimate of drug-likeness (QED) is 0.411. The van der Waals surface area contributed by atoms with Crippen LogP contribution in [0.15, 0.2) is 47.4 Å². The Labute approximate surface area is 224 Å². The molecule has 2 aliphatic rings. The Morgan fingerprint density at radius 2 is 1.76 bits per heavy atom. The number of likely N-dealkylation sites (tertiary alicyclic amines) is 1. The van der Waals surface area contributed by atoms with Crippen LogP contribution in [0.1, 0.15) is 49.8 Å². The first-order valence-electron chi connectivity index (χ1n) is 13.1. The number of rotatable bonds is 7. The van der Waals surface area contributed by atoms with Crippen molar-refractivity contribution >= 4 is 38.4 Å². The van der Waals surface area contributed by atoms with Crippen molar-refractivity contribution in [3.8, 4) is 5.75 Å². The normalized spacial score (nSPS) is 17.5. The van der Waals surface area contributed by atoms with Gasteiger partial charge in [0.1, 0.15) is 17.2 Å². The molecule has 2 saturated heterocycles. The van der Waals surface area contributed by atoms with Crippen LogP contribution in [0.25, 0.3) is 10.9 Å². The van der Waals surface area contributed by atoms with Crippen LogP contribution in [0.5, 0.6) is 5.75 Å². The molecule has 1 amide bonds. The van der Waals surface area contributed by atoms with E-state index in [-0.39, 0.29) is 16.7 Å². The largest absolute Gasteiger partial charge is 0.492 e. The van der Waals surface area contributed by atoms with Crippen LogP contribution in [0.2, 0.25) is 5.02 Å². The number of carbonyl (C=O) groups is 1. The van der Waals surface area contributed by atoms with Gasteiger partial charge in [-0.25, -0.2) is 8.42 Å². The zero-order chi connectivity index (χ0) is 26.2. The summed E-state index contributed by atoms with van der Waals surface area (Å²) in [7, 11) is -3.75. The number of piperidine rings is 1. The maximum Gasteiger partial charge on any atom is 0.246 e. The van der Waals surface area contributed by atoms with E-state index in [0.29, 0.717) is 49.9 Å². The van der Waals surface area contributed by atoms with Crippen molar-refractivity contribution < 1.29 is 17.9 Å². The van der Waals surface area contributed by atoms with Crippen molar-refractivity contribution in [1.29, 1.82) is 0 Å². The molecule has 5 rings (SSSR count). The van der Waals surface area contributed by atoms with Crippen molar-refractivity contribution in [3.63, 3.8) is 0 Å². The van der Waals surface area contributed by atoms with E-state index in [0.717, 1.165) is 42.5 Å². The molecule has 0 saturated carbocycles. The highest BCUT2D eigenvalue weighted by Gasteiger charge is 2.34. The van der Waals surface area contributed by atoms with E-state index in [2.05, 4.69) is 23.6 Å². The van der Waals surface area contributed by atoms with Gasteiger partial charge >= 0.3 is 0 Å². The lowest BCUT2D eigenvalue weighted by molar-refractivity contribution is -0.130. The third-order valence-corrected chi connectivity index (χ3v) is 9.87. The van der Waals surface area contributed by atoms with Gasteiger partial charge in [-0.15, -0.1) is 0 Å². The molecule has 1 aromatic heterocycles. The Morgan fingerprint density at radius 3 is 2.46 bits per heavy atom. The lowest BCUT2D eigenvalue weighted by Crippen LogP contribution is -2.38. The number of hydrogen-bond acceptors (Lipinski definition) is 4. The third-order valence-electron chi connectivity index (χ3n) is 7.72. The molecule has 9 heteroatoms. The lowest BCUT2D eigenvalue weighted by Gasteiger charge is -2.32. The molecule has 2 aliphatic heterocycles. The molecule has 0 N–H and O–H groups in total. The summed E-state index contributed by atoms with van der Waals surface area (Å²) >= 11 is 6.15. The fourth-order valence-corrected chi connectivity index (χ4v) is 7.72. The summed E-state index contributed by atoms with van der Waals surface area (Å²) in [6.45, 7) is 7.14. The summed E-state index contributed by atoms with van der Waals surface area (Å²) in [6.07, 6.45) is 3.56. The standard InChI is InChI=1S/C28H34ClN3O4S/c1-3-36-25-11-10-22(29)18-26(25)37(34,35)31-16-12-21(13-17-31)28-20(2)32(24-9-5-4-8-23(24)28)19-27(33)30-14-6-7-15-30/h4-5,8-11,18,21H,3,6-7,12-17,19H2,1-2H3. The van der Waals surface area contributed by atoms with E-state index in [9.17, 15) is 13.2 Å². The third kappa shape index (κ3) is 4.99. The molecule has 2 aromatic carbocycles. The summed E-state index contributed by atoms with van der Waals surface area (Å²) in [4.78, 5) is 15.1. The minimum absolute atomic E-state index is 0.119. The van der Waals surface area contributed by atoms with Crippen LogP contribution in [-0.2, 0) is 21.4 Å². The van der Waals surface area contributed by atoms with Gasteiger partial charge in [0.2, 0.25) is 15.9 Å². The number of sulfonamides is 1. The van der Waals surface area contributed by atoms with Crippen LogP contribution in [-0.4, -0.2) is 60.9 Å². The minimum atomic E-state index is -3.75. The molecule has 2 fully saturated rings. The van der Waals surface area contributed by atoms with Gasteiger partial charge in [0.25, 0.3) is 0 Å². The van der Waals surface area contributed by atoms with Gasteiger partial charge < -0.3 is 14.2 Å². The van der Waals surface area contributed by atoms with Crippen LogP contribution in [0.4, 0.5) is 0 Å². The van der Waals surface area contributed by atoms with Gasteiger partial charge in [0, 0.05) is 47.8 Å². The SMILES string of the molecule is CCOc1ccc(Cl)cc1S(=O)(=O)N1CCC(c2c(C)n(CC(=O)N3CCCC3)c3ccccc23)CC1. The van der Waals surface area contributed by atoms with E-state index in [1.165, 1.54) is 11.6 Å². The van der Waals surface area contributed by atoms with E-state index >= 15 is 0 Å². The molecule has 0 unspecified atom stereocenters. The monoisotopic (exact) mass is 543 g/mol. The van der Waals surface area contributed by atoms with Crippen LogP contribution in [0.3, 0.4) is 0 Å². The number of ether oxygens (including phenoxy) is 1. The highest BCUT2D eigenvalue weighted by Crippen LogP contribution is 2.39. The van der Waals surface area contributed by atoms with Crippen molar-refractivity contribution in [2.45, 2.75) is 56.9 Å². The number of fused-ring (bicyclic) bond motifs is 1. The van der Waals surface area contributed by atoms with E-state index < -0.39 is 10.0 Å². The van der Waals surface area contributed by atoms with E-state index in [1.54, 1.807) is 16.4 Å². The lowest BCUT2D eigenvalue weighted by atomic mass is 9.88. The van der Waals surface area contributed by atoms with Gasteiger partial charge in [-0.2, -0.15) is 4.31 Å². The predicted molar refractivity (Wildman–Crippen MR) is 146 cm³/mol. The average Bonchev–Trinajstić information content (AvgIpc) is 3.53. The molecule has 3 aromatic rings. The Kier molecular flexibility index (Phi) is 7.52. The molecule has 37 heavy (non-hydrogen) atoms. The molecule has 0 radical (unpaired) electrons. The summed E-state index contributed by atoms with van der Waals surface area (Å²) in [6, 6.07) is 13.0. The van der Waals surface area contributed by atoms with Crippen LogP contribution in [0, 0.1) is 6.92 Å². The Balaban J connectivity index is 1.39. The number of nitrogens with zero attached hydrogens (tertiary/aromatic N) is 3. The number of benzene rings is 2. The Hall–Kier alpha value is -2.55. The van der Waals surface area contributed by atoms with E-state index in [4.69, 9.17) is 16.3 Å². The van der Waals surface area contributed by atoms with Gasteiger partial charge in [0.15, 0.2) is 0 Å². The highest BCUT2D eigenvalue weighted by atomic mass is 35.5. The Morgan fingerprint density at radius 1 is 1.05 bits per heavy atom. The second-order valence-corrected chi connectivity index (χ2v) is 12.2. The topological polar surface area (TPSA) is 71.9 Å². The smallest absolute Gasteiger partial charge is 0.246 e. The summed E-state index contributed by atoms with van der Waals surface area (Å²) in [5, 5.41) is 1.52. The fourth-order valence-electron chi connectivity index (χ4n) is 5.86. The zero-order valence-electron chi connectivity index (χ0n) is 21.5. The second-order valence-electron chi connectivity index (χ2n) is 9.89. The second kappa shape index (κ2) is 10.7. The average molecular weight is 544 g/mol. The molecule has 0 spiro atoms. The summed E-state index contributed by atoms with van der Waals surface area (Å²) in [5.41, 5.74) is 3.40. The molecule has 3 heterocycles. The molecule has 0 aliphatic carbocycles. The molecule has 198 valence electrons. The van der Waals surface area contributed by atoms with Crippen molar-refractivity contribution in [1.82, 2.24) is 13.8 Å². The van der Waals surface area contributed by atoms with E-state index in [1.807, 2.05) is 24.0 Å². The fraction of sp³-hybridized carbons (Fsp3) is 0.464. The van der Waals surface area contributed by atoms with Crippen LogP contribution >= 0.6 is 11.6 Å². The number of halogens is 1. The number of aromatic nitrogens is 1. The van der Waals surface area contributed by atoms with Gasteiger partial charge in [-0.05, 0) is 75.3 Å². The van der Waals surface area contributed by atoms with Crippen molar-refractivity contribution in [2.75, 3.05) is 32.8 Å². The molecular formula is C28H34ClN3O4S. The highest BCUT2D eigenvalue weighted by molar-refractivity contribution is 7.89. The first-order valence-corrected chi connectivity index (χ1v) is 14.9.